The molecule has 3 N–H and O–H groups in total. The molecule has 0 saturated carbocycles. The first kappa shape index (κ1) is 19.2. The van der Waals surface area contributed by atoms with E-state index in [1.54, 1.807) is 29.0 Å². The average Bonchev–Trinajstić information content (AvgIpc) is 3.11. The molecule has 146 valence electrons. The molecule has 2 aromatic heterocycles. The van der Waals surface area contributed by atoms with E-state index in [9.17, 15) is 14.4 Å². The minimum absolute atomic E-state index is 0.327. The van der Waals surface area contributed by atoms with E-state index in [4.69, 9.17) is 4.74 Å². The molecule has 1 amide bonds. The van der Waals surface area contributed by atoms with Crippen LogP contribution in [-0.4, -0.2) is 37.7 Å². The van der Waals surface area contributed by atoms with E-state index in [1.165, 1.54) is 13.0 Å². The van der Waals surface area contributed by atoms with Crippen molar-refractivity contribution >= 4 is 34.7 Å². The molecule has 9 heteroatoms. The van der Waals surface area contributed by atoms with Gasteiger partial charge in [0, 0.05) is 30.1 Å². The Hall–Kier alpha value is -3.62. The third-order valence-corrected chi connectivity index (χ3v) is 4.40. The normalized spacial score (nSPS) is 12.4. The molecule has 9 nitrogen and oxygen atoms in total. The number of H-pyrrole nitrogens is 2. The molecule has 0 unspecified atom stereocenters. The van der Waals surface area contributed by atoms with Crippen LogP contribution in [0.5, 0.6) is 0 Å². The largest absolute Gasteiger partial charge is 0.449 e. The van der Waals surface area contributed by atoms with Gasteiger partial charge in [0.2, 0.25) is 0 Å². The van der Waals surface area contributed by atoms with Crippen LogP contribution >= 0.6 is 0 Å². The van der Waals surface area contributed by atoms with Gasteiger partial charge in [-0.2, -0.15) is 5.10 Å². The summed E-state index contributed by atoms with van der Waals surface area (Å²) in [4.78, 5) is 40.8. The lowest BCUT2D eigenvalue weighted by Gasteiger charge is -2.12. The number of ether oxygens (including phenoxy) is 1. The fourth-order valence-corrected chi connectivity index (χ4v) is 2.80. The van der Waals surface area contributed by atoms with Crippen molar-refractivity contribution in [1.82, 2.24) is 19.7 Å². The number of esters is 1. The van der Waals surface area contributed by atoms with Gasteiger partial charge in [0.05, 0.1) is 16.7 Å². The van der Waals surface area contributed by atoms with Crippen LogP contribution in [0.1, 0.15) is 23.9 Å². The Bertz CT molecular complexity index is 1140. The van der Waals surface area contributed by atoms with E-state index < -0.39 is 18.0 Å². The lowest BCUT2D eigenvalue weighted by atomic mass is 10.2. The van der Waals surface area contributed by atoms with Gasteiger partial charge in [0.15, 0.2) is 6.10 Å². The molecular formula is C19H21N5O4. The molecule has 0 fully saturated rings. The van der Waals surface area contributed by atoms with Gasteiger partial charge in [-0.1, -0.05) is 0 Å². The van der Waals surface area contributed by atoms with Gasteiger partial charge in [-0.05, 0) is 45.0 Å². The number of nitrogens with zero attached hydrogens (tertiary/aromatic N) is 2. The molecular weight excluding hydrogens is 362 g/mol. The Morgan fingerprint density at radius 1 is 1.25 bits per heavy atom. The average molecular weight is 383 g/mol. The maximum absolute atomic E-state index is 12.3. The predicted octanol–water partition coefficient (Wildman–Crippen LogP) is 1.79. The second kappa shape index (κ2) is 7.55. The predicted molar refractivity (Wildman–Crippen MR) is 105 cm³/mol. The first-order valence-electron chi connectivity index (χ1n) is 8.66. The van der Waals surface area contributed by atoms with Crippen LogP contribution < -0.4 is 11.0 Å². The third-order valence-electron chi connectivity index (χ3n) is 4.40. The zero-order valence-electron chi connectivity index (χ0n) is 16.0. The molecule has 0 aliphatic carbocycles. The number of imidazole rings is 1. The minimum atomic E-state index is -0.991. The summed E-state index contributed by atoms with van der Waals surface area (Å²) in [6, 6.07) is 4.93. The molecule has 1 aromatic carbocycles. The van der Waals surface area contributed by atoms with Crippen LogP contribution in [0.3, 0.4) is 0 Å². The first-order valence-corrected chi connectivity index (χ1v) is 8.66. The first-order chi connectivity index (χ1) is 13.2. The molecule has 1 atom stereocenters. The van der Waals surface area contributed by atoms with Gasteiger partial charge >= 0.3 is 11.7 Å². The highest BCUT2D eigenvalue weighted by Crippen LogP contribution is 2.16. The molecule has 0 aliphatic heterocycles. The van der Waals surface area contributed by atoms with E-state index in [-0.39, 0.29) is 5.69 Å². The number of aromatic nitrogens is 4. The monoisotopic (exact) mass is 383 g/mol. The molecule has 3 aromatic rings. The van der Waals surface area contributed by atoms with E-state index in [0.29, 0.717) is 16.7 Å². The Morgan fingerprint density at radius 2 is 1.96 bits per heavy atom. The maximum atomic E-state index is 12.3. The fourth-order valence-electron chi connectivity index (χ4n) is 2.80. The van der Waals surface area contributed by atoms with Crippen LogP contribution in [0, 0.1) is 13.8 Å². The van der Waals surface area contributed by atoms with Crippen LogP contribution in [-0.2, 0) is 21.4 Å². The zero-order chi connectivity index (χ0) is 20.4. The number of carbonyl (C=O) groups excluding carboxylic acids is 2. The third kappa shape index (κ3) is 4.03. The highest BCUT2D eigenvalue weighted by Gasteiger charge is 2.17. The molecule has 28 heavy (non-hydrogen) atoms. The summed E-state index contributed by atoms with van der Waals surface area (Å²) in [5.41, 5.74) is 3.91. The number of fused-ring (bicyclic) bond motifs is 1. The van der Waals surface area contributed by atoms with Crippen molar-refractivity contribution in [2.75, 3.05) is 5.32 Å². The molecule has 0 saturated heterocycles. The number of hydrogen-bond donors (Lipinski definition) is 3. The smallest absolute Gasteiger partial charge is 0.331 e. The minimum Gasteiger partial charge on any atom is -0.449 e. The standard InChI is InChI=1S/C19H21N5O4/c1-10-14(11(2)24(4)23-10)6-8-17(25)28-12(3)18(26)20-13-5-7-15-16(9-13)22-19(27)21-15/h5-9,12H,1-4H3,(H,20,26)(H2,21,22,27)/b8-6+/t12-/m0/s1. The Morgan fingerprint density at radius 3 is 2.64 bits per heavy atom. The van der Waals surface area contributed by atoms with E-state index in [0.717, 1.165) is 17.0 Å². The highest BCUT2D eigenvalue weighted by molar-refractivity contribution is 5.97. The lowest BCUT2D eigenvalue weighted by Crippen LogP contribution is -2.29. The van der Waals surface area contributed by atoms with Gasteiger partial charge in [-0.15, -0.1) is 0 Å². The Kier molecular flexibility index (Phi) is 5.16. The van der Waals surface area contributed by atoms with Crippen LogP contribution in [0.15, 0.2) is 29.1 Å². The number of benzene rings is 1. The zero-order valence-corrected chi connectivity index (χ0v) is 16.0. The summed E-state index contributed by atoms with van der Waals surface area (Å²) in [6.07, 6.45) is 1.91. The van der Waals surface area contributed by atoms with Crippen molar-refractivity contribution in [1.29, 1.82) is 0 Å². The highest BCUT2D eigenvalue weighted by atomic mass is 16.5. The summed E-state index contributed by atoms with van der Waals surface area (Å²) in [5.74, 6) is -1.11. The second-order valence-electron chi connectivity index (χ2n) is 6.45. The summed E-state index contributed by atoms with van der Waals surface area (Å²) < 4.78 is 6.88. The van der Waals surface area contributed by atoms with Crippen molar-refractivity contribution in [3.8, 4) is 0 Å². The molecule has 0 radical (unpaired) electrons. The van der Waals surface area contributed by atoms with Gasteiger partial charge in [0.25, 0.3) is 5.91 Å². The molecule has 0 spiro atoms. The molecule has 2 heterocycles. The van der Waals surface area contributed by atoms with E-state index in [2.05, 4.69) is 20.4 Å². The maximum Gasteiger partial charge on any atom is 0.331 e. The quantitative estimate of drug-likeness (QED) is 0.458. The van der Waals surface area contributed by atoms with Crippen molar-refractivity contribution in [3.05, 3.63) is 51.7 Å². The van der Waals surface area contributed by atoms with E-state index >= 15 is 0 Å². The Labute approximate surface area is 160 Å². The second-order valence-corrected chi connectivity index (χ2v) is 6.45. The molecule has 0 bridgehead atoms. The summed E-state index contributed by atoms with van der Waals surface area (Å²) >= 11 is 0. The lowest BCUT2D eigenvalue weighted by molar-refractivity contribution is -0.148. The number of aryl methyl sites for hydroxylation is 2. The van der Waals surface area contributed by atoms with Gasteiger partial charge in [0.1, 0.15) is 0 Å². The fraction of sp³-hybridized carbons (Fsp3) is 0.263. The SMILES string of the molecule is Cc1nn(C)c(C)c1/C=C/C(=O)O[C@@H](C)C(=O)Nc1ccc2[nH]c(=O)[nH]c2c1. The van der Waals surface area contributed by atoms with Crippen LogP contribution in [0.25, 0.3) is 17.1 Å². The van der Waals surface area contributed by atoms with Gasteiger partial charge in [-0.3, -0.25) is 9.48 Å². The Balaban J connectivity index is 1.61. The van der Waals surface area contributed by atoms with Crippen molar-refractivity contribution in [2.45, 2.75) is 26.9 Å². The number of hydrogen-bond acceptors (Lipinski definition) is 5. The van der Waals surface area contributed by atoms with Gasteiger partial charge < -0.3 is 20.0 Å². The number of rotatable bonds is 5. The van der Waals surface area contributed by atoms with E-state index in [1.807, 2.05) is 20.9 Å². The number of nitrogens with one attached hydrogen (secondary N) is 3. The van der Waals surface area contributed by atoms with Crippen molar-refractivity contribution in [3.63, 3.8) is 0 Å². The van der Waals surface area contributed by atoms with Crippen molar-refractivity contribution < 1.29 is 14.3 Å². The van der Waals surface area contributed by atoms with Crippen LogP contribution in [0.2, 0.25) is 0 Å². The number of anilines is 1. The van der Waals surface area contributed by atoms with Gasteiger partial charge in [-0.25, -0.2) is 9.59 Å². The topological polar surface area (TPSA) is 122 Å². The van der Waals surface area contributed by atoms with Crippen LogP contribution in [0.4, 0.5) is 5.69 Å². The number of carbonyl (C=O) groups is 2. The molecule has 0 aliphatic rings. The summed E-state index contributed by atoms with van der Waals surface area (Å²) in [6.45, 7) is 5.23. The van der Waals surface area contributed by atoms with Crippen molar-refractivity contribution in [2.24, 2.45) is 7.05 Å². The summed E-state index contributed by atoms with van der Waals surface area (Å²) in [7, 11) is 1.82. The summed E-state index contributed by atoms with van der Waals surface area (Å²) in [5, 5.41) is 6.93. The molecule has 3 rings (SSSR count). The number of amides is 1. The number of aromatic amines is 2.